The second kappa shape index (κ2) is 5.49. The highest BCUT2D eigenvalue weighted by atomic mass is 16.5. The van der Waals surface area contributed by atoms with Gasteiger partial charge in [-0.2, -0.15) is 0 Å². The van der Waals surface area contributed by atoms with Crippen molar-refractivity contribution in [2.45, 2.75) is 0 Å². The van der Waals surface area contributed by atoms with Crippen molar-refractivity contribution in [2.75, 3.05) is 20.3 Å². The summed E-state index contributed by atoms with van der Waals surface area (Å²) in [5.74, 6) is 0. The molecule has 1 aromatic carbocycles. The second-order valence-electron chi connectivity index (χ2n) is 2.44. The van der Waals surface area contributed by atoms with E-state index in [9.17, 15) is 0 Å². The van der Waals surface area contributed by atoms with Crippen molar-refractivity contribution in [3.8, 4) is 0 Å². The minimum Gasteiger partial charge on any atom is -0.383 e. The molecule has 0 aromatic heterocycles. The Labute approximate surface area is 72.9 Å². The molecule has 2 heteroatoms. The maximum absolute atomic E-state index is 4.87. The summed E-state index contributed by atoms with van der Waals surface area (Å²) in [5, 5.41) is 0. The predicted molar refractivity (Wildman–Crippen MR) is 50.8 cm³/mol. The molecule has 0 bridgehead atoms. The summed E-state index contributed by atoms with van der Waals surface area (Å²) in [6.07, 6.45) is 1.86. The zero-order valence-electron chi connectivity index (χ0n) is 7.23. The van der Waals surface area contributed by atoms with Gasteiger partial charge in [-0.05, 0) is 5.56 Å². The van der Waals surface area contributed by atoms with Gasteiger partial charge in [0.15, 0.2) is 0 Å². The Kier molecular flexibility index (Phi) is 4.09. The first-order valence-corrected chi connectivity index (χ1v) is 3.97. The average Bonchev–Trinajstić information content (AvgIpc) is 2.14. The molecule has 0 saturated carbocycles. The normalized spacial score (nSPS) is 10.8. The number of aliphatic imine (C=N–C) groups is 1. The SMILES string of the molecule is COCC/N=C/c1ccccc1. The Morgan fingerprint density at radius 1 is 1.33 bits per heavy atom. The highest BCUT2D eigenvalue weighted by molar-refractivity contribution is 5.79. The van der Waals surface area contributed by atoms with Crippen LogP contribution < -0.4 is 0 Å². The van der Waals surface area contributed by atoms with Crippen molar-refractivity contribution in [1.29, 1.82) is 0 Å². The lowest BCUT2D eigenvalue weighted by Gasteiger charge is -1.92. The summed E-state index contributed by atoms with van der Waals surface area (Å²) < 4.78 is 4.87. The first-order chi connectivity index (χ1) is 5.93. The first-order valence-electron chi connectivity index (χ1n) is 3.97. The fourth-order valence-electron chi connectivity index (χ4n) is 0.853. The minimum absolute atomic E-state index is 0.684. The van der Waals surface area contributed by atoms with Crippen LogP contribution >= 0.6 is 0 Å². The van der Waals surface area contributed by atoms with Gasteiger partial charge in [0.05, 0.1) is 13.2 Å². The van der Waals surface area contributed by atoms with Crippen LogP contribution in [0.1, 0.15) is 5.56 Å². The number of rotatable bonds is 4. The van der Waals surface area contributed by atoms with Crippen molar-refractivity contribution >= 4 is 6.21 Å². The fraction of sp³-hybridized carbons (Fsp3) is 0.300. The minimum atomic E-state index is 0.684. The van der Waals surface area contributed by atoms with E-state index in [1.165, 1.54) is 0 Å². The Hall–Kier alpha value is -1.15. The number of hydrogen-bond donors (Lipinski definition) is 0. The van der Waals surface area contributed by atoms with Crippen molar-refractivity contribution in [2.24, 2.45) is 4.99 Å². The maximum Gasteiger partial charge on any atom is 0.0658 e. The van der Waals surface area contributed by atoms with Crippen LogP contribution in [0.15, 0.2) is 35.3 Å². The van der Waals surface area contributed by atoms with Gasteiger partial charge in [-0.15, -0.1) is 0 Å². The quantitative estimate of drug-likeness (QED) is 0.489. The van der Waals surface area contributed by atoms with Crippen LogP contribution in [-0.4, -0.2) is 26.5 Å². The molecule has 1 aromatic rings. The predicted octanol–water partition coefficient (Wildman–Crippen LogP) is 1.75. The lowest BCUT2D eigenvalue weighted by atomic mass is 10.2. The van der Waals surface area contributed by atoms with Crippen LogP contribution in [0.3, 0.4) is 0 Å². The molecule has 0 saturated heterocycles. The van der Waals surface area contributed by atoms with E-state index in [4.69, 9.17) is 4.74 Å². The molecule has 0 spiro atoms. The molecule has 0 aliphatic carbocycles. The van der Waals surface area contributed by atoms with Crippen LogP contribution in [0.4, 0.5) is 0 Å². The van der Waals surface area contributed by atoms with Crippen molar-refractivity contribution in [1.82, 2.24) is 0 Å². The Morgan fingerprint density at radius 3 is 2.75 bits per heavy atom. The number of methoxy groups -OCH3 is 1. The van der Waals surface area contributed by atoms with Crippen LogP contribution in [0.5, 0.6) is 0 Å². The zero-order valence-corrected chi connectivity index (χ0v) is 7.23. The molecule has 0 N–H and O–H groups in total. The second-order valence-corrected chi connectivity index (χ2v) is 2.44. The standard InChI is InChI=1S/C10H13NO/c1-12-8-7-11-9-10-5-3-2-4-6-10/h2-6,9H,7-8H2,1H3/b11-9+. The lowest BCUT2D eigenvalue weighted by molar-refractivity contribution is 0.208. The van der Waals surface area contributed by atoms with Crippen molar-refractivity contribution in [3.63, 3.8) is 0 Å². The van der Waals surface area contributed by atoms with Gasteiger partial charge in [-0.3, -0.25) is 4.99 Å². The van der Waals surface area contributed by atoms with Gasteiger partial charge in [-0.1, -0.05) is 30.3 Å². The monoisotopic (exact) mass is 163 g/mol. The van der Waals surface area contributed by atoms with Gasteiger partial charge in [0.1, 0.15) is 0 Å². The molecule has 0 fully saturated rings. The maximum atomic E-state index is 4.87. The largest absolute Gasteiger partial charge is 0.383 e. The lowest BCUT2D eigenvalue weighted by Crippen LogP contribution is -1.93. The van der Waals surface area contributed by atoms with E-state index in [-0.39, 0.29) is 0 Å². The Morgan fingerprint density at radius 2 is 2.08 bits per heavy atom. The summed E-state index contributed by atoms with van der Waals surface area (Å²) >= 11 is 0. The summed E-state index contributed by atoms with van der Waals surface area (Å²) in [5.41, 5.74) is 1.13. The van der Waals surface area contributed by atoms with Gasteiger partial charge in [0.2, 0.25) is 0 Å². The smallest absolute Gasteiger partial charge is 0.0658 e. The summed E-state index contributed by atoms with van der Waals surface area (Å²) in [6.45, 7) is 1.41. The molecule has 0 aliphatic rings. The molecule has 1 rings (SSSR count). The fourth-order valence-corrected chi connectivity index (χ4v) is 0.853. The van der Waals surface area contributed by atoms with E-state index in [0.717, 1.165) is 12.1 Å². The third-order valence-corrected chi connectivity index (χ3v) is 1.46. The molecule has 0 amide bonds. The molecule has 0 heterocycles. The number of ether oxygens (including phenoxy) is 1. The summed E-state index contributed by atoms with van der Waals surface area (Å²) in [4.78, 5) is 4.18. The molecule has 2 nitrogen and oxygen atoms in total. The molecule has 12 heavy (non-hydrogen) atoms. The number of nitrogens with zero attached hydrogens (tertiary/aromatic N) is 1. The van der Waals surface area contributed by atoms with Crippen LogP contribution in [-0.2, 0) is 4.74 Å². The molecule has 0 aliphatic heterocycles. The first kappa shape index (κ1) is 8.94. The van der Waals surface area contributed by atoms with Crippen LogP contribution in [0.2, 0.25) is 0 Å². The molecule has 64 valence electrons. The topological polar surface area (TPSA) is 21.6 Å². The van der Waals surface area contributed by atoms with Gasteiger partial charge >= 0.3 is 0 Å². The van der Waals surface area contributed by atoms with E-state index in [0.29, 0.717) is 6.61 Å². The van der Waals surface area contributed by atoms with Crippen LogP contribution in [0, 0.1) is 0 Å². The van der Waals surface area contributed by atoms with Gasteiger partial charge in [-0.25, -0.2) is 0 Å². The summed E-state index contributed by atoms with van der Waals surface area (Å²) in [7, 11) is 1.68. The highest BCUT2D eigenvalue weighted by Gasteiger charge is 1.82. The molecular weight excluding hydrogens is 150 g/mol. The van der Waals surface area contributed by atoms with E-state index in [1.807, 2.05) is 36.5 Å². The van der Waals surface area contributed by atoms with Crippen molar-refractivity contribution < 1.29 is 4.74 Å². The van der Waals surface area contributed by atoms with E-state index in [1.54, 1.807) is 7.11 Å². The highest BCUT2D eigenvalue weighted by Crippen LogP contribution is 1.93. The molecular formula is C10H13NO. The Bertz CT molecular complexity index is 231. The van der Waals surface area contributed by atoms with Crippen LogP contribution in [0.25, 0.3) is 0 Å². The van der Waals surface area contributed by atoms with E-state index < -0.39 is 0 Å². The zero-order chi connectivity index (χ0) is 8.65. The number of hydrogen-bond acceptors (Lipinski definition) is 2. The Balaban J connectivity index is 2.36. The molecule has 0 radical (unpaired) electrons. The van der Waals surface area contributed by atoms with Gasteiger partial charge in [0.25, 0.3) is 0 Å². The average molecular weight is 163 g/mol. The van der Waals surface area contributed by atoms with E-state index in [2.05, 4.69) is 4.99 Å². The molecule has 0 unspecified atom stereocenters. The summed E-state index contributed by atoms with van der Waals surface area (Å²) in [6, 6.07) is 10.0. The van der Waals surface area contributed by atoms with Crippen molar-refractivity contribution in [3.05, 3.63) is 35.9 Å². The molecule has 0 atom stereocenters. The van der Waals surface area contributed by atoms with Gasteiger partial charge < -0.3 is 4.74 Å². The number of benzene rings is 1. The third-order valence-electron chi connectivity index (χ3n) is 1.46. The van der Waals surface area contributed by atoms with Gasteiger partial charge in [0, 0.05) is 13.3 Å². The van der Waals surface area contributed by atoms with E-state index >= 15 is 0 Å². The third kappa shape index (κ3) is 3.30.